The van der Waals surface area contributed by atoms with Crippen LogP contribution in [0, 0.1) is 5.92 Å². The molecule has 2 rings (SSSR count). The first kappa shape index (κ1) is 8.97. The van der Waals surface area contributed by atoms with E-state index in [-0.39, 0.29) is 11.8 Å². The molecule has 74 valence electrons. The number of hydrogen-bond donors (Lipinski definition) is 1. The summed E-state index contributed by atoms with van der Waals surface area (Å²) in [6, 6.07) is 0. The summed E-state index contributed by atoms with van der Waals surface area (Å²) in [4.78, 5) is 13.6. The Morgan fingerprint density at radius 3 is 2.85 bits per heavy atom. The number of rotatable bonds is 2. The number of amides is 1. The predicted octanol–water partition coefficient (Wildman–Crippen LogP) is -0.545. The van der Waals surface area contributed by atoms with Gasteiger partial charge in [0.15, 0.2) is 0 Å². The van der Waals surface area contributed by atoms with Crippen molar-refractivity contribution in [1.82, 2.24) is 10.2 Å². The van der Waals surface area contributed by atoms with Crippen LogP contribution in [0.15, 0.2) is 0 Å². The fourth-order valence-electron chi connectivity index (χ4n) is 1.91. The lowest BCUT2D eigenvalue weighted by atomic mass is 10.1. The maximum absolute atomic E-state index is 11.3. The highest BCUT2D eigenvalue weighted by molar-refractivity contribution is 5.80. The molecule has 1 atom stereocenters. The molecule has 0 aromatic rings. The van der Waals surface area contributed by atoms with Crippen LogP contribution >= 0.6 is 0 Å². The summed E-state index contributed by atoms with van der Waals surface area (Å²) in [5.41, 5.74) is 0. The minimum absolute atomic E-state index is 0.220. The number of carbonyl (C=O) groups is 1. The molecule has 0 spiro atoms. The first-order valence-corrected chi connectivity index (χ1v) is 4.94. The Morgan fingerprint density at radius 1 is 1.46 bits per heavy atom. The van der Waals surface area contributed by atoms with Gasteiger partial charge in [0, 0.05) is 26.2 Å². The van der Waals surface area contributed by atoms with Gasteiger partial charge in [-0.1, -0.05) is 0 Å². The van der Waals surface area contributed by atoms with Crippen molar-refractivity contribution in [2.75, 3.05) is 39.4 Å². The van der Waals surface area contributed by atoms with E-state index < -0.39 is 0 Å². The lowest BCUT2D eigenvalue weighted by molar-refractivity contribution is -0.123. The van der Waals surface area contributed by atoms with Gasteiger partial charge < -0.3 is 10.1 Å². The fourth-order valence-corrected chi connectivity index (χ4v) is 1.91. The van der Waals surface area contributed by atoms with E-state index in [1.165, 1.54) is 0 Å². The first-order valence-electron chi connectivity index (χ1n) is 4.94. The molecule has 2 aliphatic rings. The molecule has 0 aromatic carbocycles. The number of nitrogens with one attached hydrogen (secondary N) is 1. The summed E-state index contributed by atoms with van der Waals surface area (Å²) in [5.74, 6) is 0.449. The van der Waals surface area contributed by atoms with Crippen molar-refractivity contribution < 1.29 is 9.53 Å². The minimum Gasteiger partial charge on any atom is -0.379 e. The quantitative estimate of drug-likeness (QED) is 0.626. The largest absolute Gasteiger partial charge is 0.379 e. The zero-order valence-corrected chi connectivity index (χ0v) is 7.79. The second-order valence-electron chi connectivity index (χ2n) is 3.69. The number of nitrogens with zero attached hydrogens (tertiary/aromatic N) is 1. The maximum atomic E-state index is 11.3. The Morgan fingerprint density at radius 2 is 2.23 bits per heavy atom. The van der Waals surface area contributed by atoms with Gasteiger partial charge in [0.2, 0.25) is 5.91 Å². The van der Waals surface area contributed by atoms with Crippen LogP contribution in [0.4, 0.5) is 0 Å². The summed E-state index contributed by atoms with van der Waals surface area (Å²) >= 11 is 0. The molecule has 2 fully saturated rings. The van der Waals surface area contributed by atoms with Gasteiger partial charge in [-0.05, 0) is 6.42 Å². The van der Waals surface area contributed by atoms with Gasteiger partial charge in [0.1, 0.15) is 0 Å². The molecule has 1 amide bonds. The van der Waals surface area contributed by atoms with Crippen molar-refractivity contribution in [2.24, 2.45) is 5.92 Å². The summed E-state index contributed by atoms with van der Waals surface area (Å²) in [7, 11) is 0. The smallest absolute Gasteiger partial charge is 0.224 e. The summed E-state index contributed by atoms with van der Waals surface area (Å²) in [6.07, 6.45) is 0.996. The van der Waals surface area contributed by atoms with Crippen LogP contribution in [0.1, 0.15) is 6.42 Å². The van der Waals surface area contributed by atoms with E-state index in [4.69, 9.17) is 4.74 Å². The Labute approximate surface area is 78.2 Å². The molecule has 4 heteroatoms. The number of carbonyl (C=O) groups excluding carboxylic acids is 1. The van der Waals surface area contributed by atoms with Gasteiger partial charge in [-0.3, -0.25) is 9.69 Å². The van der Waals surface area contributed by atoms with Crippen LogP contribution in [0.25, 0.3) is 0 Å². The lowest BCUT2D eigenvalue weighted by Gasteiger charge is -2.28. The van der Waals surface area contributed by atoms with Gasteiger partial charge in [-0.25, -0.2) is 0 Å². The van der Waals surface area contributed by atoms with Crippen molar-refractivity contribution in [3.8, 4) is 0 Å². The van der Waals surface area contributed by atoms with Crippen LogP contribution in [-0.2, 0) is 9.53 Å². The zero-order chi connectivity index (χ0) is 9.10. The average Bonchev–Trinajstić information content (AvgIpc) is 2.54. The van der Waals surface area contributed by atoms with Crippen LogP contribution in [0.5, 0.6) is 0 Å². The van der Waals surface area contributed by atoms with Gasteiger partial charge in [0.25, 0.3) is 0 Å². The van der Waals surface area contributed by atoms with E-state index in [0.717, 1.165) is 45.8 Å². The first-order chi connectivity index (χ1) is 6.36. The van der Waals surface area contributed by atoms with E-state index in [1.54, 1.807) is 0 Å². The molecule has 0 saturated carbocycles. The topological polar surface area (TPSA) is 41.6 Å². The molecule has 0 aliphatic carbocycles. The lowest BCUT2D eigenvalue weighted by Crippen LogP contribution is -2.40. The van der Waals surface area contributed by atoms with Crippen LogP contribution < -0.4 is 5.32 Å². The molecule has 1 unspecified atom stereocenters. The number of morpholine rings is 1. The molecule has 1 N–H and O–H groups in total. The Balaban J connectivity index is 1.79. The van der Waals surface area contributed by atoms with Crippen molar-refractivity contribution in [2.45, 2.75) is 6.42 Å². The van der Waals surface area contributed by atoms with E-state index >= 15 is 0 Å². The van der Waals surface area contributed by atoms with Gasteiger partial charge >= 0.3 is 0 Å². The summed E-state index contributed by atoms with van der Waals surface area (Å²) in [5, 5.41) is 2.86. The fraction of sp³-hybridized carbons (Fsp3) is 0.889. The van der Waals surface area contributed by atoms with Crippen LogP contribution in [0.3, 0.4) is 0 Å². The Bertz CT molecular complexity index is 190. The van der Waals surface area contributed by atoms with Crippen molar-refractivity contribution in [1.29, 1.82) is 0 Å². The monoisotopic (exact) mass is 184 g/mol. The van der Waals surface area contributed by atoms with Crippen LogP contribution in [-0.4, -0.2) is 50.2 Å². The van der Waals surface area contributed by atoms with Gasteiger partial charge in [-0.15, -0.1) is 0 Å². The highest BCUT2D eigenvalue weighted by atomic mass is 16.5. The Kier molecular flexibility index (Phi) is 2.80. The molecular formula is C9H16N2O2. The molecule has 0 bridgehead atoms. The van der Waals surface area contributed by atoms with Gasteiger partial charge in [-0.2, -0.15) is 0 Å². The van der Waals surface area contributed by atoms with Crippen LogP contribution in [0.2, 0.25) is 0 Å². The molecule has 4 nitrogen and oxygen atoms in total. The summed E-state index contributed by atoms with van der Waals surface area (Å²) < 4.78 is 5.25. The molecule has 0 aromatic heterocycles. The highest BCUT2D eigenvalue weighted by Crippen LogP contribution is 2.12. The highest BCUT2D eigenvalue weighted by Gasteiger charge is 2.26. The van der Waals surface area contributed by atoms with E-state index in [2.05, 4.69) is 10.2 Å². The molecule has 0 radical (unpaired) electrons. The third-order valence-electron chi connectivity index (χ3n) is 2.75. The number of hydrogen-bond acceptors (Lipinski definition) is 3. The second-order valence-corrected chi connectivity index (χ2v) is 3.69. The molecule has 2 heterocycles. The second kappa shape index (κ2) is 4.07. The van der Waals surface area contributed by atoms with Crippen molar-refractivity contribution in [3.63, 3.8) is 0 Å². The third-order valence-corrected chi connectivity index (χ3v) is 2.75. The average molecular weight is 184 g/mol. The molecule has 13 heavy (non-hydrogen) atoms. The third kappa shape index (κ3) is 2.19. The van der Waals surface area contributed by atoms with Crippen molar-refractivity contribution >= 4 is 5.91 Å². The minimum atomic E-state index is 0.220. The van der Waals surface area contributed by atoms with Gasteiger partial charge in [0.05, 0.1) is 19.1 Å². The molecule has 2 aliphatic heterocycles. The Hall–Kier alpha value is -0.610. The van der Waals surface area contributed by atoms with E-state index in [1.807, 2.05) is 0 Å². The summed E-state index contributed by atoms with van der Waals surface area (Å²) in [6.45, 7) is 5.35. The SMILES string of the molecule is O=C1NCCC1CN1CCOCC1. The molecule has 2 saturated heterocycles. The van der Waals surface area contributed by atoms with E-state index in [0.29, 0.717) is 0 Å². The zero-order valence-electron chi connectivity index (χ0n) is 7.79. The number of ether oxygens (including phenoxy) is 1. The van der Waals surface area contributed by atoms with E-state index in [9.17, 15) is 4.79 Å². The maximum Gasteiger partial charge on any atom is 0.224 e. The molecular weight excluding hydrogens is 168 g/mol. The van der Waals surface area contributed by atoms with Crippen molar-refractivity contribution in [3.05, 3.63) is 0 Å². The normalized spacial score (nSPS) is 30.5. The predicted molar refractivity (Wildman–Crippen MR) is 48.4 cm³/mol. The standard InChI is InChI=1S/C9H16N2O2/c12-9-8(1-2-10-9)7-11-3-5-13-6-4-11/h8H,1-7H2,(H,10,12).